The largest absolute Gasteiger partial charge is 0.454 e. The number of rotatable bonds is 4. The minimum Gasteiger partial charge on any atom is -0.454 e. The summed E-state index contributed by atoms with van der Waals surface area (Å²) in [6.07, 6.45) is 0. The molecule has 2 amide bonds. The van der Waals surface area contributed by atoms with Crippen LogP contribution in [0.1, 0.15) is 21.3 Å². The van der Waals surface area contributed by atoms with Gasteiger partial charge in [-0.1, -0.05) is 24.3 Å². The SMILES string of the molecule is O=C(Nc1cccc(C2SCC(=O)N2c2ccc3c(c2)OCO3)c1)c1ccccc1F. The lowest BCUT2D eigenvalue weighted by molar-refractivity contribution is -0.115. The maximum Gasteiger partial charge on any atom is 0.258 e. The van der Waals surface area contributed by atoms with Crippen molar-refractivity contribution in [2.75, 3.05) is 22.8 Å². The fourth-order valence-corrected chi connectivity index (χ4v) is 4.77. The zero-order chi connectivity index (χ0) is 21.4. The zero-order valence-electron chi connectivity index (χ0n) is 16.2. The van der Waals surface area contributed by atoms with Gasteiger partial charge in [0, 0.05) is 17.4 Å². The molecular weight excluding hydrogens is 419 g/mol. The third kappa shape index (κ3) is 3.70. The van der Waals surface area contributed by atoms with Crippen LogP contribution >= 0.6 is 11.8 Å². The molecule has 2 heterocycles. The number of anilines is 2. The van der Waals surface area contributed by atoms with Crippen molar-refractivity contribution in [2.45, 2.75) is 5.37 Å². The Balaban J connectivity index is 1.41. The number of carbonyl (C=O) groups is 2. The lowest BCUT2D eigenvalue weighted by atomic mass is 10.1. The van der Waals surface area contributed by atoms with E-state index in [1.54, 1.807) is 41.3 Å². The number of nitrogens with zero attached hydrogens (tertiary/aromatic N) is 1. The van der Waals surface area contributed by atoms with E-state index in [-0.39, 0.29) is 23.6 Å². The van der Waals surface area contributed by atoms with Gasteiger partial charge in [-0.15, -0.1) is 11.8 Å². The van der Waals surface area contributed by atoms with Gasteiger partial charge in [0.25, 0.3) is 5.91 Å². The van der Waals surface area contributed by atoms with E-state index in [2.05, 4.69) is 5.32 Å². The molecule has 3 aromatic carbocycles. The Morgan fingerprint density at radius 2 is 1.87 bits per heavy atom. The summed E-state index contributed by atoms with van der Waals surface area (Å²) in [6.45, 7) is 0.161. The van der Waals surface area contributed by atoms with Crippen molar-refractivity contribution in [3.8, 4) is 11.5 Å². The Bertz CT molecular complexity index is 1190. The first-order valence-corrected chi connectivity index (χ1v) is 10.6. The topological polar surface area (TPSA) is 67.9 Å². The van der Waals surface area contributed by atoms with Gasteiger partial charge in [0.2, 0.25) is 12.7 Å². The second-order valence-electron chi connectivity index (χ2n) is 7.02. The average Bonchev–Trinajstić information content (AvgIpc) is 3.40. The van der Waals surface area contributed by atoms with Gasteiger partial charge in [-0.2, -0.15) is 0 Å². The zero-order valence-corrected chi connectivity index (χ0v) is 17.0. The number of amides is 2. The van der Waals surface area contributed by atoms with Gasteiger partial charge in [0.05, 0.1) is 11.3 Å². The molecule has 6 nitrogen and oxygen atoms in total. The second-order valence-corrected chi connectivity index (χ2v) is 8.09. The quantitative estimate of drug-likeness (QED) is 0.648. The monoisotopic (exact) mass is 436 g/mol. The molecule has 5 rings (SSSR count). The summed E-state index contributed by atoms with van der Waals surface area (Å²) < 4.78 is 24.7. The molecule has 0 aliphatic carbocycles. The van der Waals surface area contributed by atoms with Crippen LogP contribution in [0.15, 0.2) is 66.7 Å². The minimum absolute atomic E-state index is 0.0188. The second kappa shape index (κ2) is 7.96. The van der Waals surface area contributed by atoms with Crippen molar-refractivity contribution < 1.29 is 23.5 Å². The van der Waals surface area contributed by atoms with Crippen molar-refractivity contribution in [1.29, 1.82) is 0 Å². The molecule has 2 aliphatic rings. The number of nitrogens with one attached hydrogen (secondary N) is 1. The maximum absolute atomic E-state index is 13.9. The van der Waals surface area contributed by atoms with E-state index in [0.29, 0.717) is 28.6 Å². The molecule has 3 aromatic rings. The number of halogens is 1. The molecule has 1 fully saturated rings. The first-order valence-electron chi connectivity index (χ1n) is 9.59. The van der Waals surface area contributed by atoms with Crippen LogP contribution in [0.2, 0.25) is 0 Å². The predicted octanol–water partition coefficient (Wildman–Crippen LogP) is 4.59. The fourth-order valence-electron chi connectivity index (χ4n) is 3.60. The highest BCUT2D eigenvalue weighted by Crippen LogP contribution is 2.45. The first kappa shape index (κ1) is 19.4. The molecule has 8 heteroatoms. The molecule has 156 valence electrons. The summed E-state index contributed by atoms with van der Waals surface area (Å²) in [4.78, 5) is 26.8. The van der Waals surface area contributed by atoms with Gasteiger partial charge < -0.3 is 14.8 Å². The molecule has 0 radical (unpaired) electrons. The summed E-state index contributed by atoms with van der Waals surface area (Å²) in [5.74, 6) is 0.462. The molecular formula is C23H17FN2O4S. The highest BCUT2D eigenvalue weighted by atomic mass is 32.2. The molecule has 1 unspecified atom stereocenters. The number of hydrogen-bond acceptors (Lipinski definition) is 5. The van der Waals surface area contributed by atoms with E-state index in [4.69, 9.17) is 9.47 Å². The highest BCUT2D eigenvalue weighted by Gasteiger charge is 2.35. The van der Waals surface area contributed by atoms with Gasteiger partial charge in [0.1, 0.15) is 11.2 Å². The minimum atomic E-state index is -0.581. The molecule has 0 bridgehead atoms. The Labute approximate surface area is 182 Å². The van der Waals surface area contributed by atoms with Crippen LogP contribution < -0.4 is 19.7 Å². The summed E-state index contributed by atoms with van der Waals surface area (Å²) in [5.41, 5.74) is 2.06. The summed E-state index contributed by atoms with van der Waals surface area (Å²) in [7, 11) is 0. The smallest absolute Gasteiger partial charge is 0.258 e. The maximum atomic E-state index is 13.9. The van der Waals surface area contributed by atoms with Crippen LogP contribution in [0.5, 0.6) is 11.5 Å². The normalized spacial score (nSPS) is 17.1. The van der Waals surface area contributed by atoms with E-state index in [9.17, 15) is 14.0 Å². The van der Waals surface area contributed by atoms with Gasteiger partial charge in [-0.25, -0.2) is 4.39 Å². The molecule has 31 heavy (non-hydrogen) atoms. The molecule has 1 N–H and O–H groups in total. The molecule has 1 saturated heterocycles. The highest BCUT2D eigenvalue weighted by molar-refractivity contribution is 8.00. The van der Waals surface area contributed by atoms with E-state index in [0.717, 1.165) is 5.56 Å². The number of fused-ring (bicyclic) bond motifs is 1. The first-order chi connectivity index (χ1) is 15.1. The Morgan fingerprint density at radius 1 is 1.03 bits per heavy atom. The number of hydrogen-bond donors (Lipinski definition) is 1. The van der Waals surface area contributed by atoms with E-state index in [1.165, 1.54) is 30.0 Å². The molecule has 0 aromatic heterocycles. The van der Waals surface area contributed by atoms with Gasteiger partial charge in [0.15, 0.2) is 11.5 Å². The number of thioether (sulfide) groups is 1. The van der Waals surface area contributed by atoms with Crippen molar-refractivity contribution in [1.82, 2.24) is 0 Å². The van der Waals surface area contributed by atoms with Crippen molar-refractivity contribution in [2.24, 2.45) is 0 Å². The van der Waals surface area contributed by atoms with Crippen molar-refractivity contribution >= 4 is 35.0 Å². The lowest BCUT2D eigenvalue weighted by Gasteiger charge is -2.25. The van der Waals surface area contributed by atoms with Crippen LogP contribution in [0.25, 0.3) is 0 Å². The molecule has 1 atom stereocenters. The fraction of sp³-hybridized carbons (Fsp3) is 0.130. The Morgan fingerprint density at radius 3 is 2.74 bits per heavy atom. The number of ether oxygens (including phenoxy) is 2. The van der Waals surface area contributed by atoms with E-state index in [1.807, 2.05) is 12.1 Å². The van der Waals surface area contributed by atoms with Crippen LogP contribution in [0.4, 0.5) is 15.8 Å². The number of carbonyl (C=O) groups excluding carboxylic acids is 2. The van der Waals surface area contributed by atoms with E-state index < -0.39 is 11.7 Å². The van der Waals surface area contributed by atoms with Crippen LogP contribution in [-0.4, -0.2) is 24.4 Å². The molecule has 0 spiro atoms. The van der Waals surface area contributed by atoms with Crippen LogP contribution in [0.3, 0.4) is 0 Å². The van der Waals surface area contributed by atoms with Crippen molar-refractivity contribution in [3.05, 3.63) is 83.7 Å². The standard InChI is InChI=1S/C23H17FN2O4S/c24-18-7-2-1-6-17(18)22(28)25-15-5-3-4-14(10-15)23-26(21(27)12-31-23)16-8-9-19-20(11-16)30-13-29-19/h1-11,23H,12-13H2,(H,25,28). The van der Waals surface area contributed by atoms with Gasteiger partial charge in [-0.05, 0) is 42.0 Å². The lowest BCUT2D eigenvalue weighted by Crippen LogP contribution is -2.27. The predicted molar refractivity (Wildman–Crippen MR) is 116 cm³/mol. The molecule has 2 aliphatic heterocycles. The summed E-state index contributed by atoms with van der Waals surface area (Å²) >= 11 is 1.50. The Hall–Kier alpha value is -3.52. The van der Waals surface area contributed by atoms with Crippen LogP contribution in [-0.2, 0) is 4.79 Å². The Kier molecular flexibility index (Phi) is 4.99. The average molecular weight is 436 g/mol. The molecule has 0 saturated carbocycles. The summed E-state index contributed by atoms with van der Waals surface area (Å²) in [5, 5.41) is 2.47. The summed E-state index contributed by atoms with van der Waals surface area (Å²) in [6, 6.07) is 18.5. The third-order valence-electron chi connectivity index (χ3n) is 5.05. The van der Waals surface area contributed by atoms with Crippen LogP contribution in [0, 0.1) is 5.82 Å². The third-order valence-corrected chi connectivity index (χ3v) is 6.26. The van der Waals surface area contributed by atoms with Gasteiger partial charge in [-0.3, -0.25) is 14.5 Å². The van der Waals surface area contributed by atoms with Gasteiger partial charge >= 0.3 is 0 Å². The number of benzene rings is 3. The van der Waals surface area contributed by atoms with E-state index >= 15 is 0 Å². The van der Waals surface area contributed by atoms with Crippen molar-refractivity contribution in [3.63, 3.8) is 0 Å².